The zero-order valence-corrected chi connectivity index (χ0v) is 11.0. The third-order valence-corrected chi connectivity index (χ3v) is 4.05. The molecule has 0 bridgehead atoms. The van der Waals surface area contributed by atoms with Gasteiger partial charge >= 0.3 is 6.03 Å². The van der Waals surface area contributed by atoms with Crippen molar-refractivity contribution in [2.24, 2.45) is 5.73 Å². The number of carbonyl (C=O) groups is 1. The minimum atomic E-state index is 0.0898. The molecule has 2 amide bonds. The maximum atomic E-state index is 11.6. The van der Waals surface area contributed by atoms with Gasteiger partial charge in [0.25, 0.3) is 0 Å². The van der Waals surface area contributed by atoms with Gasteiger partial charge in [-0.05, 0) is 11.1 Å². The molecular weight excluding hydrogens is 240 g/mol. The Labute approximate surface area is 113 Å². The molecule has 102 valence electrons. The van der Waals surface area contributed by atoms with Crippen LogP contribution in [0.25, 0.3) is 0 Å². The van der Waals surface area contributed by atoms with Crippen LogP contribution in [0.15, 0.2) is 24.3 Å². The van der Waals surface area contributed by atoms with Crippen LogP contribution in [-0.2, 0) is 13.1 Å². The van der Waals surface area contributed by atoms with Crippen LogP contribution in [-0.4, -0.2) is 48.1 Å². The number of hydrogen-bond acceptors (Lipinski definition) is 3. The summed E-state index contributed by atoms with van der Waals surface area (Å²) in [6.07, 6.45) is 0. The molecule has 5 heteroatoms. The van der Waals surface area contributed by atoms with Crippen LogP contribution >= 0.6 is 0 Å². The normalized spacial score (nSPS) is 23.3. The molecule has 3 N–H and O–H groups in total. The van der Waals surface area contributed by atoms with Crippen LogP contribution in [0.3, 0.4) is 0 Å². The summed E-state index contributed by atoms with van der Waals surface area (Å²) in [6.45, 7) is 4.97. The Kier molecular flexibility index (Phi) is 3.40. The first-order valence-corrected chi connectivity index (χ1v) is 6.81. The van der Waals surface area contributed by atoms with E-state index in [0.717, 1.165) is 32.7 Å². The molecule has 1 atom stereocenters. The van der Waals surface area contributed by atoms with Crippen molar-refractivity contribution < 1.29 is 4.79 Å². The molecule has 0 aromatic heterocycles. The van der Waals surface area contributed by atoms with Crippen LogP contribution in [0.1, 0.15) is 11.1 Å². The highest BCUT2D eigenvalue weighted by Gasteiger charge is 2.35. The van der Waals surface area contributed by atoms with E-state index in [0.29, 0.717) is 12.6 Å². The van der Waals surface area contributed by atoms with Crippen molar-refractivity contribution in [3.05, 3.63) is 35.4 Å². The lowest BCUT2D eigenvalue weighted by Crippen LogP contribution is -2.51. The van der Waals surface area contributed by atoms with Gasteiger partial charge < -0.3 is 16.0 Å². The summed E-state index contributed by atoms with van der Waals surface area (Å²) < 4.78 is 0. The van der Waals surface area contributed by atoms with Gasteiger partial charge in [0.2, 0.25) is 0 Å². The maximum Gasteiger partial charge on any atom is 0.317 e. The van der Waals surface area contributed by atoms with Gasteiger partial charge in [0.15, 0.2) is 0 Å². The average Bonchev–Trinajstić information content (AvgIpc) is 2.81. The molecule has 0 saturated carbocycles. The van der Waals surface area contributed by atoms with E-state index in [1.165, 1.54) is 11.1 Å². The maximum absolute atomic E-state index is 11.6. The number of urea groups is 1. The van der Waals surface area contributed by atoms with Crippen molar-refractivity contribution in [2.45, 2.75) is 19.1 Å². The Morgan fingerprint density at radius 2 is 2.05 bits per heavy atom. The first-order valence-electron chi connectivity index (χ1n) is 6.81. The average molecular weight is 260 g/mol. The monoisotopic (exact) mass is 260 g/mol. The summed E-state index contributed by atoms with van der Waals surface area (Å²) in [5, 5.41) is 2.91. The number of nitrogens with zero attached hydrogens (tertiary/aromatic N) is 2. The number of benzene rings is 1. The first-order chi connectivity index (χ1) is 9.28. The van der Waals surface area contributed by atoms with E-state index in [1.54, 1.807) is 0 Å². The van der Waals surface area contributed by atoms with E-state index in [2.05, 4.69) is 28.4 Å². The van der Waals surface area contributed by atoms with Gasteiger partial charge in [-0.25, -0.2) is 4.79 Å². The molecule has 1 aromatic rings. The third-order valence-electron chi connectivity index (χ3n) is 4.05. The second-order valence-electron chi connectivity index (χ2n) is 5.24. The highest BCUT2D eigenvalue weighted by atomic mass is 16.2. The molecule has 1 aromatic carbocycles. The van der Waals surface area contributed by atoms with Gasteiger partial charge in [0, 0.05) is 39.3 Å². The first kappa shape index (κ1) is 12.4. The molecule has 2 aliphatic heterocycles. The van der Waals surface area contributed by atoms with E-state index in [4.69, 9.17) is 5.73 Å². The van der Waals surface area contributed by atoms with Crippen molar-refractivity contribution in [2.75, 3.05) is 26.2 Å². The molecule has 0 radical (unpaired) electrons. The van der Waals surface area contributed by atoms with Crippen LogP contribution in [0.2, 0.25) is 0 Å². The SMILES string of the molecule is NCc1ccccc1CN1CCN2C(=O)NCC2C1. The van der Waals surface area contributed by atoms with E-state index in [9.17, 15) is 4.79 Å². The Bertz CT molecular complexity index is 476. The standard InChI is InChI=1S/C14H20N4O/c15-7-11-3-1-2-4-12(11)9-17-5-6-18-13(10-17)8-16-14(18)19/h1-4,13H,5-10,15H2,(H,16,19). The Morgan fingerprint density at radius 1 is 1.26 bits per heavy atom. The smallest absolute Gasteiger partial charge is 0.317 e. The second kappa shape index (κ2) is 5.19. The highest BCUT2D eigenvalue weighted by Crippen LogP contribution is 2.18. The summed E-state index contributed by atoms with van der Waals surface area (Å²) in [4.78, 5) is 15.9. The van der Waals surface area contributed by atoms with Gasteiger partial charge in [-0.2, -0.15) is 0 Å². The summed E-state index contributed by atoms with van der Waals surface area (Å²) in [6, 6.07) is 8.74. The zero-order chi connectivity index (χ0) is 13.2. The number of nitrogens with one attached hydrogen (secondary N) is 1. The number of nitrogens with two attached hydrogens (primary N) is 1. The fourth-order valence-electron chi connectivity index (χ4n) is 2.96. The van der Waals surface area contributed by atoms with E-state index < -0.39 is 0 Å². The van der Waals surface area contributed by atoms with E-state index in [1.807, 2.05) is 11.0 Å². The zero-order valence-electron chi connectivity index (χ0n) is 11.0. The molecule has 2 saturated heterocycles. The lowest BCUT2D eigenvalue weighted by Gasteiger charge is -2.36. The third kappa shape index (κ3) is 2.43. The van der Waals surface area contributed by atoms with Crippen LogP contribution in [0.5, 0.6) is 0 Å². The molecule has 2 fully saturated rings. The molecular formula is C14H20N4O. The summed E-state index contributed by atoms with van der Waals surface area (Å²) in [7, 11) is 0. The fourth-order valence-corrected chi connectivity index (χ4v) is 2.96. The van der Waals surface area contributed by atoms with Crippen molar-refractivity contribution in [1.29, 1.82) is 0 Å². The van der Waals surface area contributed by atoms with Crippen LogP contribution in [0, 0.1) is 0 Å². The van der Waals surface area contributed by atoms with Crippen LogP contribution in [0.4, 0.5) is 4.79 Å². The molecule has 3 rings (SSSR count). The number of amides is 2. The minimum Gasteiger partial charge on any atom is -0.336 e. The molecule has 1 unspecified atom stereocenters. The minimum absolute atomic E-state index is 0.0898. The Balaban J connectivity index is 1.67. The number of carbonyl (C=O) groups excluding carboxylic acids is 1. The molecule has 5 nitrogen and oxygen atoms in total. The quantitative estimate of drug-likeness (QED) is 0.824. The largest absolute Gasteiger partial charge is 0.336 e. The molecule has 2 heterocycles. The number of piperazine rings is 1. The van der Waals surface area contributed by atoms with Gasteiger partial charge in [-0.1, -0.05) is 24.3 Å². The number of rotatable bonds is 3. The van der Waals surface area contributed by atoms with Crippen molar-refractivity contribution in [3.8, 4) is 0 Å². The lowest BCUT2D eigenvalue weighted by atomic mass is 10.1. The highest BCUT2D eigenvalue weighted by molar-refractivity contribution is 5.77. The lowest BCUT2D eigenvalue weighted by molar-refractivity contribution is 0.116. The van der Waals surface area contributed by atoms with Crippen molar-refractivity contribution >= 4 is 6.03 Å². The molecule has 19 heavy (non-hydrogen) atoms. The van der Waals surface area contributed by atoms with Crippen molar-refractivity contribution in [1.82, 2.24) is 15.1 Å². The van der Waals surface area contributed by atoms with Crippen LogP contribution < -0.4 is 11.1 Å². The molecule has 0 spiro atoms. The summed E-state index contributed by atoms with van der Waals surface area (Å²) in [5.41, 5.74) is 8.29. The van der Waals surface area contributed by atoms with E-state index >= 15 is 0 Å². The predicted molar refractivity (Wildman–Crippen MR) is 73.5 cm³/mol. The van der Waals surface area contributed by atoms with Crippen molar-refractivity contribution in [3.63, 3.8) is 0 Å². The van der Waals surface area contributed by atoms with Gasteiger partial charge in [0.05, 0.1) is 6.04 Å². The second-order valence-corrected chi connectivity index (χ2v) is 5.24. The number of fused-ring (bicyclic) bond motifs is 1. The van der Waals surface area contributed by atoms with Gasteiger partial charge in [-0.3, -0.25) is 4.90 Å². The molecule has 0 aliphatic carbocycles. The summed E-state index contributed by atoms with van der Waals surface area (Å²) in [5.74, 6) is 0. The fraction of sp³-hybridized carbons (Fsp3) is 0.500. The topological polar surface area (TPSA) is 61.6 Å². The molecule has 2 aliphatic rings. The summed E-state index contributed by atoms with van der Waals surface area (Å²) >= 11 is 0. The van der Waals surface area contributed by atoms with E-state index in [-0.39, 0.29) is 6.03 Å². The van der Waals surface area contributed by atoms with Gasteiger partial charge in [-0.15, -0.1) is 0 Å². The Hall–Kier alpha value is -1.59. The predicted octanol–water partition coefficient (Wildman–Crippen LogP) is 0.355. The van der Waals surface area contributed by atoms with Gasteiger partial charge in [0.1, 0.15) is 0 Å². The Morgan fingerprint density at radius 3 is 2.84 bits per heavy atom. The number of hydrogen-bond donors (Lipinski definition) is 2.